The molecule has 0 saturated carbocycles. The number of phosphoric acid groups is 1. The van der Waals surface area contributed by atoms with Crippen molar-refractivity contribution < 1.29 is 23.2 Å². The van der Waals surface area contributed by atoms with Crippen molar-refractivity contribution in [2.45, 2.75) is 32.0 Å². The van der Waals surface area contributed by atoms with Crippen LogP contribution in [0.5, 0.6) is 0 Å². The van der Waals surface area contributed by atoms with Crippen LogP contribution in [-0.2, 0) is 24.9 Å². The van der Waals surface area contributed by atoms with E-state index >= 15 is 0 Å². The lowest BCUT2D eigenvalue weighted by atomic mass is 10.1. The Balaban J connectivity index is 2.88. The van der Waals surface area contributed by atoms with Crippen LogP contribution < -0.4 is 11.2 Å². The lowest BCUT2D eigenvalue weighted by Gasteiger charge is -2.25. The number of rotatable bonds is 10. The number of hydrogen-bond donors (Lipinski definition) is 2. The van der Waals surface area contributed by atoms with Gasteiger partial charge in [-0.3, -0.25) is 18.8 Å². The molecule has 0 spiro atoms. The molecular formula is C13H25N2O7PSi. The molecule has 138 valence electrons. The third-order valence-corrected chi connectivity index (χ3v) is 5.72. The molecule has 0 radical (unpaired) electrons. The van der Waals surface area contributed by atoms with E-state index in [9.17, 15) is 19.0 Å². The van der Waals surface area contributed by atoms with Crippen molar-refractivity contribution in [3.05, 3.63) is 33.1 Å². The molecular weight excluding hydrogens is 355 g/mol. The van der Waals surface area contributed by atoms with Gasteiger partial charge in [0.2, 0.25) is 0 Å². The van der Waals surface area contributed by atoms with Gasteiger partial charge in [0, 0.05) is 48.7 Å². The van der Waals surface area contributed by atoms with Crippen molar-refractivity contribution >= 4 is 18.1 Å². The first-order valence-electron chi connectivity index (χ1n) is 7.59. The maximum Gasteiger partial charge on any atom is 0.471 e. The van der Waals surface area contributed by atoms with Crippen LogP contribution in [0.1, 0.15) is 13.8 Å². The van der Waals surface area contributed by atoms with Crippen molar-refractivity contribution in [2.75, 3.05) is 20.3 Å². The minimum atomic E-state index is -4.10. The molecule has 0 aliphatic carbocycles. The number of ether oxygens (including phenoxy) is 1. The van der Waals surface area contributed by atoms with E-state index in [-0.39, 0.29) is 30.7 Å². The number of phosphoric ester groups is 1. The fourth-order valence-corrected chi connectivity index (χ4v) is 3.04. The van der Waals surface area contributed by atoms with Crippen LogP contribution in [0.2, 0.25) is 5.54 Å². The SMILES string of the molecule is COP(=O)(O)OC[C@@H](Cn1ccc(=O)[nH]c1=O)C([SiH3])COC(C)C. The van der Waals surface area contributed by atoms with E-state index in [1.54, 1.807) is 0 Å². The molecule has 0 amide bonds. The van der Waals surface area contributed by atoms with E-state index in [1.165, 1.54) is 16.8 Å². The number of nitrogens with zero attached hydrogens (tertiary/aromatic N) is 1. The van der Waals surface area contributed by atoms with Crippen LogP contribution in [0.4, 0.5) is 0 Å². The van der Waals surface area contributed by atoms with E-state index in [4.69, 9.17) is 9.26 Å². The van der Waals surface area contributed by atoms with Crippen molar-refractivity contribution in [1.82, 2.24) is 9.55 Å². The van der Waals surface area contributed by atoms with Crippen LogP contribution in [0.3, 0.4) is 0 Å². The topological polar surface area (TPSA) is 120 Å². The van der Waals surface area contributed by atoms with Crippen LogP contribution in [0, 0.1) is 5.92 Å². The summed E-state index contributed by atoms with van der Waals surface area (Å²) in [6, 6.07) is 1.25. The summed E-state index contributed by atoms with van der Waals surface area (Å²) in [4.78, 5) is 34.6. The van der Waals surface area contributed by atoms with E-state index in [2.05, 4.69) is 9.51 Å². The maximum atomic E-state index is 11.8. The Labute approximate surface area is 143 Å². The number of aromatic amines is 1. The average Bonchev–Trinajstić information content (AvgIpc) is 2.51. The van der Waals surface area contributed by atoms with Crippen molar-refractivity contribution in [3.8, 4) is 0 Å². The van der Waals surface area contributed by atoms with Crippen LogP contribution in [-0.4, -0.2) is 51.1 Å². The lowest BCUT2D eigenvalue weighted by Crippen LogP contribution is -2.34. The summed E-state index contributed by atoms with van der Waals surface area (Å²) in [5.41, 5.74) is -0.943. The standard InChI is InChI=1S/C13H25N2O7PSi/c1-9(2)21-8-11(24)10(7-22-23(18,19)20-3)6-15-5-4-12(16)14-13(15)17/h4-5,9-11H,6-8H2,1-3,24H3,(H,18,19)(H,14,16,17)/t10-,11?/m1/s1. The lowest BCUT2D eigenvalue weighted by molar-refractivity contribution is 0.0572. The van der Waals surface area contributed by atoms with Gasteiger partial charge in [-0.05, 0) is 19.4 Å². The molecule has 0 bridgehead atoms. The monoisotopic (exact) mass is 380 g/mol. The first kappa shape index (κ1) is 21.0. The molecule has 1 rings (SSSR count). The molecule has 11 heteroatoms. The highest BCUT2D eigenvalue weighted by Gasteiger charge is 2.25. The zero-order chi connectivity index (χ0) is 18.3. The smallest absolute Gasteiger partial charge is 0.379 e. The van der Waals surface area contributed by atoms with Gasteiger partial charge in [0.15, 0.2) is 0 Å². The molecule has 2 unspecified atom stereocenters. The predicted octanol–water partition coefficient (Wildman–Crippen LogP) is -0.505. The largest absolute Gasteiger partial charge is 0.471 e. The number of hydrogen-bond acceptors (Lipinski definition) is 6. The molecule has 0 aromatic carbocycles. The number of nitrogens with one attached hydrogen (secondary N) is 1. The highest BCUT2D eigenvalue weighted by atomic mass is 31.2. The molecule has 3 atom stereocenters. The highest BCUT2D eigenvalue weighted by molar-refractivity contribution is 7.47. The van der Waals surface area contributed by atoms with E-state index in [0.29, 0.717) is 6.61 Å². The Morgan fingerprint density at radius 3 is 2.58 bits per heavy atom. The van der Waals surface area contributed by atoms with Gasteiger partial charge < -0.3 is 14.2 Å². The summed E-state index contributed by atoms with van der Waals surface area (Å²) in [5.74, 6) is -0.241. The molecule has 0 aliphatic rings. The van der Waals surface area contributed by atoms with Gasteiger partial charge in [-0.25, -0.2) is 9.36 Å². The summed E-state index contributed by atoms with van der Waals surface area (Å²) in [7, 11) is -2.28. The minimum Gasteiger partial charge on any atom is -0.379 e. The molecule has 1 aromatic rings. The van der Waals surface area contributed by atoms with Crippen LogP contribution in [0.25, 0.3) is 0 Å². The quantitative estimate of drug-likeness (QED) is 0.415. The molecule has 1 heterocycles. The molecule has 1 aromatic heterocycles. The highest BCUT2D eigenvalue weighted by Crippen LogP contribution is 2.43. The Bertz CT molecular complexity index is 675. The summed E-state index contributed by atoms with van der Waals surface area (Å²) in [6.45, 7) is 4.45. The van der Waals surface area contributed by atoms with Crippen molar-refractivity contribution in [1.29, 1.82) is 0 Å². The Kier molecular flexibility index (Phi) is 8.27. The molecule has 24 heavy (non-hydrogen) atoms. The Morgan fingerprint density at radius 2 is 2.04 bits per heavy atom. The molecule has 0 saturated heterocycles. The fraction of sp³-hybridized carbons (Fsp3) is 0.692. The maximum absolute atomic E-state index is 11.8. The average molecular weight is 380 g/mol. The second-order valence-corrected chi connectivity index (χ2v) is 8.87. The predicted molar refractivity (Wildman–Crippen MR) is 92.4 cm³/mol. The van der Waals surface area contributed by atoms with Crippen molar-refractivity contribution in [2.24, 2.45) is 5.92 Å². The second kappa shape index (κ2) is 9.45. The van der Waals surface area contributed by atoms with E-state index < -0.39 is 19.1 Å². The summed E-state index contributed by atoms with van der Waals surface area (Å²) >= 11 is 0. The first-order chi connectivity index (χ1) is 11.1. The van der Waals surface area contributed by atoms with Gasteiger partial charge in [0.25, 0.3) is 5.56 Å². The van der Waals surface area contributed by atoms with Gasteiger partial charge in [-0.15, -0.1) is 0 Å². The first-order valence-corrected chi connectivity index (χ1v) is 10.2. The van der Waals surface area contributed by atoms with E-state index in [0.717, 1.165) is 17.4 Å². The van der Waals surface area contributed by atoms with Gasteiger partial charge >= 0.3 is 13.5 Å². The molecule has 0 fully saturated rings. The third kappa shape index (κ3) is 7.25. The van der Waals surface area contributed by atoms with Crippen LogP contribution in [0.15, 0.2) is 21.9 Å². The molecule has 9 nitrogen and oxygen atoms in total. The van der Waals surface area contributed by atoms with E-state index in [1.807, 2.05) is 13.8 Å². The summed E-state index contributed by atoms with van der Waals surface area (Å²) in [6.07, 6.45) is 1.45. The number of H-pyrrole nitrogens is 1. The Morgan fingerprint density at radius 1 is 1.38 bits per heavy atom. The van der Waals surface area contributed by atoms with Gasteiger partial charge in [-0.1, -0.05) is 0 Å². The van der Waals surface area contributed by atoms with Crippen LogP contribution >= 0.6 is 7.82 Å². The third-order valence-electron chi connectivity index (χ3n) is 3.51. The zero-order valence-corrected chi connectivity index (χ0v) is 17.2. The minimum absolute atomic E-state index is 0.0572. The van der Waals surface area contributed by atoms with Gasteiger partial charge in [-0.2, -0.15) is 0 Å². The molecule has 2 N–H and O–H groups in total. The number of aromatic nitrogens is 2. The normalized spacial score (nSPS) is 16.9. The summed E-state index contributed by atoms with van der Waals surface area (Å²) in [5, 5.41) is 0. The summed E-state index contributed by atoms with van der Waals surface area (Å²) < 4.78 is 27.8. The van der Waals surface area contributed by atoms with Gasteiger partial charge in [0.05, 0.1) is 12.7 Å². The Hall–Kier alpha value is -1.03. The zero-order valence-electron chi connectivity index (χ0n) is 14.3. The fourth-order valence-electron chi connectivity index (χ4n) is 1.96. The molecule has 0 aliphatic heterocycles. The second-order valence-electron chi connectivity index (χ2n) is 5.83. The van der Waals surface area contributed by atoms with Gasteiger partial charge in [0.1, 0.15) is 0 Å². The van der Waals surface area contributed by atoms with Crippen molar-refractivity contribution in [3.63, 3.8) is 0 Å².